The molecule has 0 amide bonds. The van der Waals surface area contributed by atoms with Gasteiger partial charge in [-0.2, -0.15) is 0 Å². The number of rotatable bonds is 7. The maximum absolute atomic E-state index is 11.6. The van der Waals surface area contributed by atoms with Crippen LogP contribution in [0.4, 0.5) is 0 Å². The van der Waals surface area contributed by atoms with E-state index in [1.807, 2.05) is 0 Å². The van der Waals surface area contributed by atoms with Gasteiger partial charge >= 0.3 is 5.97 Å². The second-order valence-electron chi connectivity index (χ2n) is 7.39. The number of carbonyl (C=O) groups is 1. The molecule has 122 valence electrons. The van der Waals surface area contributed by atoms with E-state index in [1.165, 1.54) is 32.1 Å². The molecule has 0 aromatic carbocycles. The van der Waals surface area contributed by atoms with Gasteiger partial charge in [-0.25, -0.2) is 0 Å². The van der Waals surface area contributed by atoms with E-state index in [4.69, 9.17) is 0 Å². The molecule has 0 bridgehead atoms. The first-order valence-electron chi connectivity index (χ1n) is 8.66. The lowest BCUT2D eigenvalue weighted by Crippen LogP contribution is -2.50. The van der Waals surface area contributed by atoms with Gasteiger partial charge in [0.25, 0.3) is 0 Å². The van der Waals surface area contributed by atoms with Gasteiger partial charge in [0.05, 0.1) is 0 Å². The largest absolute Gasteiger partial charge is 0.480 e. The lowest BCUT2D eigenvalue weighted by molar-refractivity contribution is -0.144. The third-order valence-electron chi connectivity index (χ3n) is 5.60. The van der Waals surface area contributed by atoms with Gasteiger partial charge in [-0.3, -0.25) is 9.69 Å². The smallest absolute Gasteiger partial charge is 0.323 e. The van der Waals surface area contributed by atoms with E-state index in [2.05, 4.69) is 24.1 Å². The standard InChI is InChI=1S/C17H32N2O2/c1-13(2)9-11-19(14-6-4-5-7-14)15-8-10-17(12-15,18-3)16(20)21/h13-15,18H,4-12H2,1-3H3,(H,20,21). The molecule has 2 atom stereocenters. The molecular formula is C17H32N2O2. The van der Waals surface area contributed by atoms with Crippen molar-refractivity contribution < 1.29 is 9.90 Å². The molecule has 2 N–H and O–H groups in total. The van der Waals surface area contributed by atoms with Crippen molar-refractivity contribution in [1.82, 2.24) is 10.2 Å². The van der Waals surface area contributed by atoms with Crippen LogP contribution in [-0.4, -0.2) is 47.2 Å². The van der Waals surface area contributed by atoms with Crippen LogP contribution in [0.15, 0.2) is 0 Å². The summed E-state index contributed by atoms with van der Waals surface area (Å²) in [6, 6.07) is 1.13. The maximum atomic E-state index is 11.6. The van der Waals surface area contributed by atoms with Gasteiger partial charge in [-0.05, 0) is 58.0 Å². The summed E-state index contributed by atoms with van der Waals surface area (Å²) in [4.78, 5) is 14.3. The molecule has 0 aliphatic heterocycles. The molecular weight excluding hydrogens is 264 g/mol. The summed E-state index contributed by atoms with van der Waals surface area (Å²) >= 11 is 0. The van der Waals surface area contributed by atoms with Crippen molar-refractivity contribution in [2.75, 3.05) is 13.6 Å². The third kappa shape index (κ3) is 3.78. The Hall–Kier alpha value is -0.610. The Balaban J connectivity index is 2.05. The Morgan fingerprint density at radius 2 is 1.95 bits per heavy atom. The Kier molecular flexibility index (Phi) is 5.67. The third-order valence-corrected chi connectivity index (χ3v) is 5.60. The van der Waals surface area contributed by atoms with Crippen LogP contribution in [0.2, 0.25) is 0 Å². The van der Waals surface area contributed by atoms with Crippen LogP contribution in [0.5, 0.6) is 0 Å². The predicted molar refractivity (Wildman–Crippen MR) is 85.5 cm³/mol. The van der Waals surface area contributed by atoms with Crippen LogP contribution in [0.3, 0.4) is 0 Å². The fraction of sp³-hybridized carbons (Fsp3) is 0.941. The Bertz CT molecular complexity index is 353. The van der Waals surface area contributed by atoms with Crippen LogP contribution >= 0.6 is 0 Å². The van der Waals surface area contributed by atoms with Crippen LogP contribution in [0, 0.1) is 5.92 Å². The van der Waals surface area contributed by atoms with Crippen molar-refractivity contribution in [3.05, 3.63) is 0 Å². The number of nitrogens with one attached hydrogen (secondary N) is 1. The SMILES string of the molecule is CNC1(C(=O)O)CCC(N(CCC(C)C)C2CCCC2)C1. The highest BCUT2D eigenvalue weighted by molar-refractivity contribution is 5.79. The van der Waals surface area contributed by atoms with Gasteiger partial charge in [0.1, 0.15) is 5.54 Å². The zero-order valence-corrected chi connectivity index (χ0v) is 13.9. The number of nitrogens with zero attached hydrogens (tertiary/aromatic N) is 1. The minimum atomic E-state index is -0.695. The second kappa shape index (κ2) is 7.10. The van der Waals surface area contributed by atoms with E-state index in [0.29, 0.717) is 18.0 Å². The zero-order valence-electron chi connectivity index (χ0n) is 13.9. The van der Waals surface area contributed by atoms with Crippen molar-refractivity contribution in [2.45, 2.75) is 82.8 Å². The van der Waals surface area contributed by atoms with Crippen molar-refractivity contribution in [3.63, 3.8) is 0 Å². The van der Waals surface area contributed by atoms with E-state index in [-0.39, 0.29) is 0 Å². The van der Waals surface area contributed by atoms with Gasteiger partial charge in [-0.15, -0.1) is 0 Å². The summed E-state index contributed by atoms with van der Waals surface area (Å²) in [6.07, 6.45) is 9.02. The molecule has 0 saturated heterocycles. The number of carboxylic acid groups (broad SMARTS) is 1. The minimum Gasteiger partial charge on any atom is -0.480 e. The molecule has 2 saturated carbocycles. The molecule has 21 heavy (non-hydrogen) atoms. The lowest BCUT2D eigenvalue weighted by atomic mass is 9.97. The number of carboxylic acids is 1. The van der Waals surface area contributed by atoms with Crippen molar-refractivity contribution >= 4 is 5.97 Å². The van der Waals surface area contributed by atoms with Crippen LogP contribution in [-0.2, 0) is 4.79 Å². The second-order valence-corrected chi connectivity index (χ2v) is 7.39. The molecule has 2 unspecified atom stereocenters. The van der Waals surface area contributed by atoms with E-state index in [0.717, 1.165) is 25.8 Å². The summed E-state index contributed by atoms with van der Waals surface area (Å²) in [5.41, 5.74) is -0.695. The normalized spacial score (nSPS) is 30.6. The Labute approximate surface area is 129 Å². The fourth-order valence-corrected chi connectivity index (χ4v) is 4.14. The van der Waals surface area contributed by atoms with Crippen molar-refractivity contribution in [2.24, 2.45) is 5.92 Å². The molecule has 4 nitrogen and oxygen atoms in total. The molecule has 2 aliphatic rings. The van der Waals surface area contributed by atoms with Gasteiger partial charge in [0.2, 0.25) is 0 Å². The molecule has 0 heterocycles. The number of aliphatic carboxylic acids is 1. The summed E-state index contributed by atoms with van der Waals surface area (Å²) < 4.78 is 0. The van der Waals surface area contributed by atoms with Crippen molar-refractivity contribution in [3.8, 4) is 0 Å². The lowest BCUT2D eigenvalue weighted by Gasteiger charge is -2.36. The monoisotopic (exact) mass is 296 g/mol. The highest BCUT2D eigenvalue weighted by atomic mass is 16.4. The Morgan fingerprint density at radius 3 is 2.43 bits per heavy atom. The fourth-order valence-electron chi connectivity index (χ4n) is 4.14. The zero-order chi connectivity index (χ0) is 15.5. The van der Waals surface area contributed by atoms with E-state index < -0.39 is 11.5 Å². The molecule has 2 rings (SSSR count). The van der Waals surface area contributed by atoms with Crippen LogP contribution in [0.1, 0.15) is 65.2 Å². The first-order valence-corrected chi connectivity index (χ1v) is 8.66. The summed E-state index contributed by atoms with van der Waals surface area (Å²) in [5, 5.41) is 12.7. The average Bonchev–Trinajstić information content (AvgIpc) is 3.08. The number of likely N-dealkylation sites (N-methyl/N-ethyl adjacent to an activating group) is 1. The first-order chi connectivity index (χ1) is 9.98. The average molecular weight is 296 g/mol. The van der Waals surface area contributed by atoms with Gasteiger partial charge < -0.3 is 10.4 Å². The molecule has 0 aromatic rings. The van der Waals surface area contributed by atoms with Gasteiger partial charge in [0.15, 0.2) is 0 Å². The molecule has 2 fully saturated rings. The maximum Gasteiger partial charge on any atom is 0.323 e. The molecule has 0 aromatic heterocycles. The topological polar surface area (TPSA) is 52.6 Å². The Morgan fingerprint density at radius 1 is 1.29 bits per heavy atom. The highest BCUT2D eigenvalue weighted by Gasteiger charge is 2.47. The quantitative estimate of drug-likeness (QED) is 0.758. The van der Waals surface area contributed by atoms with Crippen LogP contribution < -0.4 is 5.32 Å². The van der Waals surface area contributed by atoms with Gasteiger partial charge in [-0.1, -0.05) is 26.7 Å². The minimum absolute atomic E-state index is 0.440. The predicted octanol–water partition coefficient (Wildman–Crippen LogP) is 2.87. The van der Waals surface area contributed by atoms with Gasteiger partial charge in [0, 0.05) is 12.1 Å². The molecule has 0 spiro atoms. The number of hydrogen-bond donors (Lipinski definition) is 2. The van der Waals surface area contributed by atoms with E-state index >= 15 is 0 Å². The summed E-state index contributed by atoms with van der Waals surface area (Å²) in [7, 11) is 1.80. The summed E-state index contributed by atoms with van der Waals surface area (Å²) in [6.45, 7) is 5.68. The van der Waals surface area contributed by atoms with E-state index in [9.17, 15) is 9.90 Å². The molecule has 2 aliphatic carbocycles. The molecule has 0 radical (unpaired) electrons. The summed E-state index contributed by atoms with van der Waals surface area (Å²) in [5.74, 6) is 0.0339. The highest BCUT2D eigenvalue weighted by Crippen LogP contribution is 2.37. The van der Waals surface area contributed by atoms with E-state index in [1.54, 1.807) is 7.05 Å². The molecule has 4 heteroatoms. The first kappa shape index (κ1) is 16.8. The van der Waals surface area contributed by atoms with Crippen LogP contribution in [0.25, 0.3) is 0 Å². The van der Waals surface area contributed by atoms with Crippen molar-refractivity contribution in [1.29, 1.82) is 0 Å². The number of hydrogen-bond acceptors (Lipinski definition) is 3.